The van der Waals surface area contributed by atoms with Crippen molar-refractivity contribution in [2.75, 3.05) is 18.1 Å². The van der Waals surface area contributed by atoms with Gasteiger partial charge >= 0.3 is 5.97 Å². The number of esters is 1. The molecule has 0 aromatic carbocycles. The van der Waals surface area contributed by atoms with Crippen molar-refractivity contribution < 1.29 is 9.53 Å². The molecular formula is C14H17N3O2S. The first-order chi connectivity index (χ1) is 9.81. The minimum absolute atomic E-state index is 0.144. The first kappa shape index (κ1) is 13.3. The Bertz CT molecular complexity index is 613. The predicted octanol–water partition coefficient (Wildman–Crippen LogP) is 2.61. The van der Waals surface area contributed by atoms with Crippen LogP contribution in [0.15, 0.2) is 17.8 Å². The van der Waals surface area contributed by atoms with Crippen LogP contribution in [-0.2, 0) is 9.53 Å². The smallest absolute Gasteiger partial charge is 0.328 e. The second kappa shape index (κ2) is 5.75. The normalized spacial score (nSPS) is 19.2. The Morgan fingerprint density at radius 3 is 3.25 bits per heavy atom. The number of anilines is 1. The SMILES string of the molecule is CCOC(=O)C1CCCCN1c1ncnc2sccc12. The van der Waals surface area contributed by atoms with E-state index in [1.807, 2.05) is 18.4 Å². The molecule has 0 spiro atoms. The molecule has 1 aliphatic heterocycles. The maximum absolute atomic E-state index is 12.2. The zero-order valence-electron chi connectivity index (χ0n) is 11.4. The topological polar surface area (TPSA) is 55.3 Å². The molecule has 0 N–H and O–H groups in total. The lowest BCUT2D eigenvalue weighted by Gasteiger charge is -2.35. The summed E-state index contributed by atoms with van der Waals surface area (Å²) in [5.74, 6) is 0.711. The number of carbonyl (C=O) groups excluding carboxylic acids is 1. The third kappa shape index (κ3) is 2.35. The number of nitrogens with zero attached hydrogens (tertiary/aromatic N) is 3. The van der Waals surface area contributed by atoms with Crippen LogP contribution in [0.4, 0.5) is 5.82 Å². The largest absolute Gasteiger partial charge is 0.464 e. The minimum atomic E-state index is -0.221. The highest BCUT2D eigenvalue weighted by atomic mass is 32.1. The van der Waals surface area contributed by atoms with Crippen LogP contribution in [0.1, 0.15) is 26.2 Å². The average molecular weight is 291 g/mol. The maximum Gasteiger partial charge on any atom is 0.328 e. The van der Waals surface area contributed by atoms with Crippen LogP contribution < -0.4 is 4.90 Å². The number of carbonyl (C=O) groups is 1. The Labute approximate surface area is 121 Å². The molecule has 2 aromatic heterocycles. The van der Waals surface area contributed by atoms with E-state index >= 15 is 0 Å². The van der Waals surface area contributed by atoms with E-state index in [1.54, 1.807) is 17.7 Å². The number of thiophene rings is 1. The van der Waals surface area contributed by atoms with Gasteiger partial charge in [-0.2, -0.15) is 0 Å². The van der Waals surface area contributed by atoms with Crippen LogP contribution >= 0.6 is 11.3 Å². The average Bonchev–Trinajstić information content (AvgIpc) is 2.96. The van der Waals surface area contributed by atoms with Crippen molar-refractivity contribution in [1.82, 2.24) is 9.97 Å². The zero-order valence-corrected chi connectivity index (χ0v) is 12.2. The van der Waals surface area contributed by atoms with E-state index in [4.69, 9.17) is 4.74 Å². The van der Waals surface area contributed by atoms with Crippen LogP contribution in [0.2, 0.25) is 0 Å². The van der Waals surface area contributed by atoms with Gasteiger partial charge in [0, 0.05) is 6.54 Å². The Hall–Kier alpha value is -1.69. The minimum Gasteiger partial charge on any atom is -0.464 e. The monoisotopic (exact) mass is 291 g/mol. The van der Waals surface area contributed by atoms with E-state index in [1.165, 1.54) is 0 Å². The summed E-state index contributed by atoms with van der Waals surface area (Å²) < 4.78 is 5.21. The number of ether oxygens (including phenoxy) is 1. The fourth-order valence-electron chi connectivity index (χ4n) is 2.67. The lowest BCUT2D eigenvalue weighted by molar-refractivity contribution is -0.145. The number of piperidine rings is 1. The predicted molar refractivity (Wildman–Crippen MR) is 79.0 cm³/mol. The van der Waals surface area contributed by atoms with Gasteiger partial charge in [-0.15, -0.1) is 11.3 Å². The van der Waals surface area contributed by atoms with Crippen LogP contribution in [-0.4, -0.2) is 35.1 Å². The van der Waals surface area contributed by atoms with Crippen molar-refractivity contribution in [3.8, 4) is 0 Å². The van der Waals surface area contributed by atoms with E-state index < -0.39 is 0 Å². The molecule has 0 saturated carbocycles. The van der Waals surface area contributed by atoms with E-state index in [9.17, 15) is 4.79 Å². The van der Waals surface area contributed by atoms with Crippen molar-refractivity contribution >= 4 is 33.3 Å². The highest BCUT2D eigenvalue weighted by Gasteiger charge is 2.31. The summed E-state index contributed by atoms with van der Waals surface area (Å²) in [6, 6.07) is 1.80. The van der Waals surface area contributed by atoms with Crippen LogP contribution in [0.25, 0.3) is 10.2 Å². The van der Waals surface area contributed by atoms with E-state index in [-0.39, 0.29) is 12.0 Å². The Morgan fingerprint density at radius 2 is 2.40 bits per heavy atom. The van der Waals surface area contributed by atoms with Gasteiger partial charge in [-0.25, -0.2) is 14.8 Å². The molecule has 0 radical (unpaired) electrons. The first-order valence-electron chi connectivity index (χ1n) is 6.92. The lowest BCUT2D eigenvalue weighted by atomic mass is 10.0. The maximum atomic E-state index is 12.2. The van der Waals surface area contributed by atoms with Gasteiger partial charge in [0.1, 0.15) is 23.0 Å². The molecular weight excluding hydrogens is 274 g/mol. The lowest BCUT2D eigenvalue weighted by Crippen LogP contribution is -2.46. The summed E-state index contributed by atoms with van der Waals surface area (Å²) in [6.45, 7) is 3.10. The molecule has 1 unspecified atom stereocenters. The highest BCUT2D eigenvalue weighted by Crippen LogP contribution is 2.31. The molecule has 0 aliphatic carbocycles. The van der Waals surface area contributed by atoms with Crippen LogP contribution in [0.5, 0.6) is 0 Å². The van der Waals surface area contributed by atoms with Gasteiger partial charge in [-0.1, -0.05) is 0 Å². The number of hydrogen-bond donors (Lipinski definition) is 0. The van der Waals surface area contributed by atoms with Gasteiger partial charge < -0.3 is 9.64 Å². The fraction of sp³-hybridized carbons (Fsp3) is 0.500. The summed E-state index contributed by atoms with van der Waals surface area (Å²) in [7, 11) is 0. The molecule has 3 rings (SSSR count). The van der Waals surface area contributed by atoms with Crippen molar-refractivity contribution in [2.24, 2.45) is 0 Å². The summed E-state index contributed by atoms with van der Waals surface area (Å²) in [5.41, 5.74) is 0. The number of hydrogen-bond acceptors (Lipinski definition) is 6. The van der Waals surface area contributed by atoms with Gasteiger partial charge in [0.15, 0.2) is 0 Å². The molecule has 6 heteroatoms. The summed E-state index contributed by atoms with van der Waals surface area (Å²) in [4.78, 5) is 23.9. The van der Waals surface area contributed by atoms with Crippen molar-refractivity contribution in [3.63, 3.8) is 0 Å². The van der Waals surface area contributed by atoms with Crippen molar-refractivity contribution in [1.29, 1.82) is 0 Å². The van der Waals surface area contributed by atoms with Gasteiger partial charge in [-0.3, -0.25) is 0 Å². The molecule has 106 valence electrons. The summed E-state index contributed by atoms with van der Waals surface area (Å²) >= 11 is 1.59. The van der Waals surface area contributed by atoms with E-state index in [0.29, 0.717) is 6.61 Å². The van der Waals surface area contributed by atoms with Gasteiger partial charge in [0.2, 0.25) is 0 Å². The van der Waals surface area contributed by atoms with Crippen molar-refractivity contribution in [3.05, 3.63) is 17.8 Å². The molecule has 20 heavy (non-hydrogen) atoms. The second-order valence-electron chi connectivity index (χ2n) is 4.79. The molecule has 2 aromatic rings. The standard InChI is InChI=1S/C14H17N3O2S/c1-2-19-14(18)11-5-3-4-7-17(11)12-10-6-8-20-13(10)16-9-15-12/h6,8-9,11H,2-5,7H2,1H3. The van der Waals surface area contributed by atoms with E-state index in [0.717, 1.165) is 41.8 Å². The Morgan fingerprint density at radius 1 is 1.50 bits per heavy atom. The van der Waals surface area contributed by atoms with Crippen LogP contribution in [0, 0.1) is 0 Å². The Kier molecular flexibility index (Phi) is 3.82. The fourth-order valence-corrected chi connectivity index (χ4v) is 3.40. The molecule has 5 nitrogen and oxygen atoms in total. The molecule has 1 saturated heterocycles. The highest BCUT2D eigenvalue weighted by molar-refractivity contribution is 7.16. The van der Waals surface area contributed by atoms with Gasteiger partial charge in [0.05, 0.1) is 12.0 Å². The summed E-state index contributed by atoms with van der Waals surface area (Å²) in [6.07, 6.45) is 4.53. The molecule has 0 bridgehead atoms. The quantitative estimate of drug-likeness (QED) is 0.814. The molecule has 1 aliphatic rings. The Balaban J connectivity index is 1.97. The summed E-state index contributed by atoms with van der Waals surface area (Å²) in [5, 5.41) is 3.03. The number of fused-ring (bicyclic) bond motifs is 1. The third-order valence-corrected chi connectivity index (χ3v) is 4.39. The van der Waals surface area contributed by atoms with E-state index in [2.05, 4.69) is 14.9 Å². The molecule has 1 atom stereocenters. The van der Waals surface area contributed by atoms with Crippen molar-refractivity contribution in [2.45, 2.75) is 32.2 Å². The van der Waals surface area contributed by atoms with Gasteiger partial charge in [-0.05, 0) is 37.6 Å². The molecule has 0 amide bonds. The number of aromatic nitrogens is 2. The molecule has 1 fully saturated rings. The molecule has 3 heterocycles. The number of rotatable bonds is 3. The first-order valence-corrected chi connectivity index (χ1v) is 7.80. The second-order valence-corrected chi connectivity index (χ2v) is 5.69. The zero-order chi connectivity index (χ0) is 13.9. The van der Waals surface area contributed by atoms with Gasteiger partial charge in [0.25, 0.3) is 0 Å². The third-order valence-electron chi connectivity index (χ3n) is 3.57. The van der Waals surface area contributed by atoms with Crippen LogP contribution in [0.3, 0.4) is 0 Å².